The van der Waals surface area contributed by atoms with Crippen LogP contribution < -0.4 is 4.74 Å². The molecule has 0 radical (unpaired) electrons. The summed E-state index contributed by atoms with van der Waals surface area (Å²) >= 11 is 0. The fourth-order valence-electron chi connectivity index (χ4n) is 2.25. The average Bonchev–Trinajstić information content (AvgIpc) is 2.46. The van der Waals surface area contributed by atoms with Crippen molar-refractivity contribution >= 4 is 11.8 Å². The highest BCUT2D eigenvalue weighted by atomic mass is 16.5. The zero-order valence-electron chi connectivity index (χ0n) is 12.9. The number of carbonyl (C=O) groups excluding carboxylic acids is 1. The quantitative estimate of drug-likeness (QED) is 0.709. The Morgan fingerprint density at radius 2 is 1.81 bits per heavy atom. The van der Waals surface area contributed by atoms with E-state index in [-0.39, 0.29) is 17.9 Å². The molecular formula is C16H23NO4. The molecule has 116 valence electrons. The number of hydrogen-bond acceptors (Lipinski definition) is 4. The number of carboxylic acid groups (broad SMARTS) is 1. The lowest BCUT2D eigenvalue weighted by Crippen LogP contribution is -2.31. The minimum atomic E-state index is -1.05. The Morgan fingerprint density at radius 1 is 1.19 bits per heavy atom. The number of Topliss-reactive ketones (excluding diaryl/α,β-unsaturated/α-hetero) is 1. The van der Waals surface area contributed by atoms with Gasteiger partial charge in [-0.05, 0) is 44.1 Å². The van der Waals surface area contributed by atoms with Crippen LogP contribution >= 0.6 is 0 Å². The van der Waals surface area contributed by atoms with Crippen LogP contribution in [-0.2, 0) is 0 Å². The van der Waals surface area contributed by atoms with Gasteiger partial charge in [0.05, 0.1) is 24.8 Å². The molecule has 0 amide bonds. The molecule has 1 rings (SSSR count). The van der Waals surface area contributed by atoms with Crippen molar-refractivity contribution in [2.75, 3.05) is 26.7 Å². The molecule has 0 aliphatic heterocycles. The third-order valence-corrected chi connectivity index (χ3v) is 3.19. The standard InChI is InChI=1S/C16H23NO4/c1-4-8-17(9-5-2)11-14(18)13-10-12(16(19)20)6-7-15(13)21-3/h6-7,10H,4-5,8-9,11H2,1-3H3,(H,19,20). The van der Waals surface area contributed by atoms with Crippen molar-refractivity contribution in [2.45, 2.75) is 26.7 Å². The van der Waals surface area contributed by atoms with Crippen molar-refractivity contribution in [1.82, 2.24) is 4.90 Å². The minimum Gasteiger partial charge on any atom is -0.496 e. The normalized spacial score (nSPS) is 10.7. The number of rotatable bonds is 9. The molecule has 0 aliphatic rings. The van der Waals surface area contributed by atoms with E-state index >= 15 is 0 Å². The fourth-order valence-corrected chi connectivity index (χ4v) is 2.25. The number of aromatic carboxylic acids is 1. The van der Waals surface area contributed by atoms with E-state index in [4.69, 9.17) is 9.84 Å². The average molecular weight is 293 g/mol. The van der Waals surface area contributed by atoms with Gasteiger partial charge < -0.3 is 9.84 Å². The molecule has 0 aliphatic carbocycles. The van der Waals surface area contributed by atoms with Crippen LogP contribution in [0.2, 0.25) is 0 Å². The first kappa shape index (κ1) is 17.2. The molecular weight excluding hydrogens is 270 g/mol. The van der Waals surface area contributed by atoms with Crippen LogP contribution in [0.1, 0.15) is 47.4 Å². The van der Waals surface area contributed by atoms with Crippen LogP contribution in [0.25, 0.3) is 0 Å². The number of nitrogens with zero attached hydrogens (tertiary/aromatic N) is 1. The Kier molecular flexibility index (Phi) is 6.88. The molecule has 1 aromatic rings. The van der Waals surface area contributed by atoms with E-state index in [1.165, 1.54) is 25.3 Å². The number of ether oxygens (including phenoxy) is 1. The Morgan fingerprint density at radius 3 is 2.29 bits per heavy atom. The number of benzene rings is 1. The van der Waals surface area contributed by atoms with Crippen LogP contribution in [0.5, 0.6) is 5.75 Å². The van der Waals surface area contributed by atoms with Gasteiger partial charge in [0.1, 0.15) is 5.75 Å². The summed E-state index contributed by atoms with van der Waals surface area (Å²) in [5.41, 5.74) is 0.422. The third kappa shape index (κ3) is 4.86. The lowest BCUT2D eigenvalue weighted by atomic mass is 10.0. The summed E-state index contributed by atoms with van der Waals surface area (Å²) in [5.74, 6) is -0.750. The first-order valence-electron chi connectivity index (χ1n) is 7.20. The number of hydrogen-bond donors (Lipinski definition) is 1. The van der Waals surface area contributed by atoms with E-state index in [1.54, 1.807) is 0 Å². The second kappa shape index (κ2) is 8.42. The lowest BCUT2D eigenvalue weighted by molar-refractivity contribution is 0.0697. The summed E-state index contributed by atoms with van der Waals surface area (Å²) in [6, 6.07) is 4.36. The van der Waals surface area contributed by atoms with Gasteiger partial charge in [-0.1, -0.05) is 13.8 Å². The Labute approximate surface area is 125 Å². The van der Waals surface area contributed by atoms with Gasteiger partial charge in [0, 0.05) is 0 Å². The maximum Gasteiger partial charge on any atom is 0.335 e. The van der Waals surface area contributed by atoms with E-state index in [0.29, 0.717) is 11.3 Å². The predicted octanol–water partition coefficient (Wildman–Crippen LogP) is 2.70. The molecule has 0 spiro atoms. The molecule has 0 fully saturated rings. The van der Waals surface area contributed by atoms with Gasteiger partial charge in [-0.25, -0.2) is 4.79 Å². The van der Waals surface area contributed by atoms with Crippen molar-refractivity contribution in [3.63, 3.8) is 0 Å². The third-order valence-electron chi connectivity index (χ3n) is 3.19. The Balaban J connectivity index is 2.98. The van der Waals surface area contributed by atoms with Crippen LogP contribution in [0.3, 0.4) is 0 Å². The summed E-state index contributed by atoms with van der Waals surface area (Å²) in [6.07, 6.45) is 1.94. The molecule has 0 saturated heterocycles. The number of ketones is 1. The molecule has 5 heteroatoms. The van der Waals surface area contributed by atoms with Crippen molar-refractivity contribution in [3.05, 3.63) is 29.3 Å². The monoisotopic (exact) mass is 293 g/mol. The molecule has 0 bridgehead atoms. The minimum absolute atomic E-state index is 0.0942. The molecule has 0 heterocycles. The second-order valence-electron chi connectivity index (χ2n) is 4.92. The number of methoxy groups -OCH3 is 1. The van der Waals surface area contributed by atoms with Crippen molar-refractivity contribution in [3.8, 4) is 5.75 Å². The Hall–Kier alpha value is -1.88. The first-order chi connectivity index (χ1) is 10.0. The molecule has 1 N–H and O–H groups in total. The lowest BCUT2D eigenvalue weighted by Gasteiger charge is -2.20. The topological polar surface area (TPSA) is 66.8 Å². The van der Waals surface area contributed by atoms with Gasteiger partial charge in [0.25, 0.3) is 0 Å². The van der Waals surface area contributed by atoms with E-state index in [0.717, 1.165) is 25.9 Å². The molecule has 0 saturated carbocycles. The molecule has 0 aromatic heterocycles. The summed E-state index contributed by atoms with van der Waals surface area (Å²) in [7, 11) is 1.47. The van der Waals surface area contributed by atoms with Crippen molar-refractivity contribution in [2.24, 2.45) is 0 Å². The smallest absolute Gasteiger partial charge is 0.335 e. The zero-order valence-corrected chi connectivity index (χ0v) is 12.9. The van der Waals surface area contributed by atoms with Gasteiger partial charge in [-0.2, -0.15) is 0 Å². The summed E-state index contributed by atoms with van der Waals surface area (Å²) in [4.78, 5) is 25.6. The molecule has 1 aromatic carbocycles. The maximum atomic E-state index is 12.4. The van der Waals surface area contributed by atoms with Crippen LogP contribution in [0.4, 0.5) is 0 Å². The van der Waals surface area contributed by atoms with E-state index < -0.39 is 5.97 Å². The first-order valence-corrected chi connectivity index (χ1v) is 7.20. The van der Waals surface area contributed by atoms with Crippen LogP contribution in [-0.4, -0.2) is 48.5 Å². The summed E-state index contributed by atoms with van der Waals surface area (Å²) in [6.45, 7) is 6.11. The maximum absolute atomic E-state index is 12.4. The van der Waals surface area contributed by atoms with Gasteiger partial charge in [-0.15, -0.1) is 0 Å². The van der Waals surface area contributed by atoms with E-state index in [2.05, 4.69) is 18.7 Å². The molecule has 5 nitrogen and oxygen atoms in total. The van der Waals surface area contributed by atoms with Gasteiger partial charge in [0.15, 0.2) is 5.78 Å². The number of carbonyl (C=O) groups is 2. The zero-order chi connectivity index (χ0) is 15.8. The molecule has 0 atom stereocenters. The Bertz CT molecular complexity index is 493. The fraction of sp³-hybridized carbons (Fsp3) is 0.500. The van der Waals surface area contributed by atoms with Gasteiger partial charge in [-0.3, -0.25) is 9.69 Å². The molecule has 21 heavy (non-hydrogen) atoms. The second-order valence-corrected chi connectivity index (χ2v) is 4.92. The van der Waals surface area contributed by atoms with Gasteiger partial charge >= 0.3 is 5.97 Å². The highest BCUT2D eigenvalue weighted by molar-refractivity contribution is 6.02. The predicted molar refractivity (Wildman–Crippen MR) is 81.3 cm³/mol. The number of carboxylic acids is 1. The largest absolute Gasteiger partial charge is 0.496 e. The van der Waals surface area contributed by atoms with Crippen molar-refractivity contribution < 1.29 is 19.4 Å². The SMILES string of the molecule is CCCN(CCC)CC(=O)c1cc(C(=O)O)ccc1OC. The summed E-state index contributed by atoms with van der Waals surface area (Å²) < 4.78 is 5.17. The van der Waals surface area contributed by atoms with Gasteiger partial charge in [0.2, 0.25) is 0 Å². The highest BCUT2D eigenvalue weighted by Gasteiger charge is 2.18. The van der Waals surface area contributed by atoms with Crippen LogP contribution in [0.15, 0.2) is 18.2 Å². The highest BCUT2D eigenvalue weighted by Crippen LogP contribution is 2.21. The van der Waals surface area contributed by atoms with E-state index in [1.807, 2.05) is 0 Å². The summed E-state index contributed by atoms with van der Waals surface area (Å²) in [5, 5.41) is 9.04. The van der Waals surface area contributed by atoms with Crippen molar-refractivity contribution in [1.29, 1.82) is 0 Å². The van der Waals surface area contributed by atoms with E-state index in [9.17, 15) is 9.59 Å². The molecule has 0 unspecified atom stereocenters. The van der Waals surface area contributed by atoms with Crippen LogP contribution in [0, 0.1) is 0 Å².